The van der Waals surface area contributed by atoms with E-state index >= 15 is 0 Å². The molecule has 1 aliphatic carbocycles. The standard InChI is InChI=1S/C17H19N3O/c1-12-2-4-13(5-3-12)9-19-16-8-14(10-18-11-16)17(21)20-15-6-7-15/h2-5,8,10-11,15,19H,6-7,9H2,1H3,(H,20,21). The fourth-order valence-corrected chi connectivity index (χ4v) is 2.07. The van der Waals surface area contributed by atoms with Crippen LogP contribution in [0.5, 0.6) is 0 Å². The lowest BCUT2D eigenvalue weighted by molar-refractivity contribution is 0.0951. The van der Waals surface area contributed by atoms with Crippen molar-refractivity contribution >= 4 is 11.6 Å². The molecule has 0 saturated heterocycles. The van der Waals surface area contributed by atoms with Gasteiger partial charge in [0.15, 0.2) is 0 Å². The van der Waals surface area contributed by atoms with Gasteiger partial charge in [-0.15, -0.1) is 0 Å². The van der Waals surface area contributed by atoms with Crippen molar-refractivity contribution in [1.29, 1.82) is 0 Å². The summed E-state index contributed by atoms with van der Waals surface area (Å²) in [7, 11) is 0. The minimum Gasteiger partial charge on any atom is -0.380 e. The number of amides is 1. The third kappa shape index (κ3) is 3.81. The molecule has 0 spiro atoms. The quantitative estimate of drug-likeness (QED) is 0.886. The van der Waals surface area contributed by atoms with E-state index in [0.717, 1.165) is 25.1 Å². The molecule has 1 aliphatic rings. The van der Waals surface area contributed by atoms with Crippen LogP contribution in [0.25, 0.3) is 0 Å². The molecule has 0 atom stereocenters. The number of benzene rings is 1. The molecule has 3 rings (SSSR count). The maximum absolute atomic E-state index is 12.0. The topological polar surface area (TPSA) is 54.0 Å². The smallest absolute Gasteiger partial charge is 0.253 e. The summed E-state index contributed by atoms with van der Waals surface area (Å²) in [4.78, 5) is 16.1. The summed E-state index contributed by atoms with van der Waals surface area (Å²) in [5.74, 6) is -0.0380. The summed E-state index contributed by atoms with van der Waals surface area (Å²) in [5, 5.41) is 6.27. The highest BCUT2D eigenvalue weighted by Crippen LogP contribution is 2.19. The Bertz CT molecular complexity index is 633. The second-order valence-electron chi connectivity index (χ2n) is 5.55. The Hall–Kier alpha value is -2.36. The second kappa shape index (κ2) is 5.95. The Morgan fingerprint density at radius 1 is 1.24 bits per heavy atom. The number of carbonyl (C=O) groups is 1. The molecule has 108 valence electrons. The van der Waals surface area contributed by atoms with Crippen molar-refractivity contribution in [1.82, 2.24) is 10.3 Å². The van der Waals surface area contributed by atoms with E-state index in [1.807, 2.05) is 6.07 Å². The van der Waals surface area contributed by atoms with Crippen molar-refractivity contribution in [3.05, 3.63) is 59.4 Å². The first-order valence-electron chi connectivity index (χ1n) is 7.26. The number of nitrogens with one attached hydrogen (secondary N) is 2. The lowest BCUT2D eigenvalue weighted by Gasteiger charge is -2.08. The minimum atomic E-state index is -0.0380. The van der Waals surface area contributed by atoms with Crippen molar-refractivity contribution in [3.8, 4) is 0 Å². The van der Waals surface area contributed by atoms with Crippen LogP contribution in [0, 0.1) is 6.92 Å². The van der Waals surface area contributed by atoms with Gasteiger partial charge in [0.2, 0.25) is 0 Å². The SMILES string of the molecule is Cc1ccc(CNc2cncc(C(=O)NC3CC3)c2)cc1. The molecule has 1 amide bonds. The zero-order valence-corrected chi connectivity index (χ0v) is 12.1. The van der Waals surface area contributed by atoms with Gasteiger partial charge in [0.25, 0.3) is 5.91 Å². The molecule has 1 heterocycles. The number of hydrogen-bond acceptors (Lipinski definition) is 3. The molecule has 1 saturated carbocycles. The van der Waals surface area contributed by atoms with Gasteiger partial charge in [-0.05, 0) is 31.4 Å². The Labute approximate surface area is 124 Å². The lowest BCUT2D eigenvalue weighted by atomic mass is 10.1. The molecule has 0 aliphatic heterocycles. The molecule has 1 aromatic carbocycles. The maximum atomic E-state index is 12.0. The van der Waals surface area contributed by atoms with E-state index in [0.29, 0.717) is 11.6 Å². The van der Waals surface area contributed by atoms with Crippen LogP contribution in [-0.2, 0) is 6.54 Å². The van der Waals surface area contributed by atoms with Gasteiger partial charge in [0.05, 0.1) is 11.3 Å². The average Bonchev–Trinajstić information content (AvgIpc) is 3.31. The maximum Gasteiger partial charge on any atom is 0.253 e. The zero-order valence-electron chi connectivity index (χ0n) is 12.1. The monoisotopic (exact) mass is 281 g/mol. The predicted molar refractivity (Wildman–Crippen MR) is 83.2 cm³/mol. The highest BCUT2D eigenvalue weighted by molar-refractivity contribution is 5.95. The van der Waals surface area contributed by atoms with Crippen LogP contribution in [0.15, 0.2) is 42.7 Å². The number of nitrogens with zero attached hydrogens (tertiary/aromatic N) is 1. The van der Waals surface area contributed by atoms with E-state index in [2.05, 4.69) is 46.8 Å². The summed E-state index contributed by atoms with van der Waals surface area (Å²) in [6.45, 7) is 2.79. The number of carbonyl (C=O) groups excluding carboxylic acids is 1. The van der Waals surface area contributed by atoms with Crippen molar-refractivity contribution < 1.29 is 4.79 Å². The summed E-state index contributed by atoms with van der Waals surface area (Å²) >= 11 is 0. The largest absolute Gasteiger partial charge is 0.380 e. The van der Waals surface area contributed by atoms with Gasteiger partial charge >= 0.3 is 0 Å². The first-order chi connectivity index (χ1) is 10.2. The van der Waals surface area contributed by atoms with Gasteiger partial charge in [-0.2, -0.15) is 0 Å². The lowest BCUT2D eigenvalue weighted by Crippen LogP contribution is -2.25. The number of aromatic nitrogens is 1. The number of aryl methyl sites for hydroxylation is 1. The normalized spacial score (nSPS) is 13.8. The molecule has 0 unspecified atom stereocenters. The first-order valence-corrected chi connectivity index (χ1v) is 7.26. The Kier molecular flexibility index (Phi) is 3.86. The molecule has 1 fully saturated rings. The van der Waals surface area contributed by atoms with Crippen molar-refractivity contribution in [2.75, 3.05) is 5.32 Å². The van der Waals surface area contributed by atoms with Crippen LogP contribution in [0.3, 0.4) is 0 Å². The summed E-state index contributed by atoms with van der Waals surface area (Å²) in [6, 6.07) is 10.6. The van der Waals surface area contributed by atoms with Gasteiger partial charge in [0, 0.05) is 25.0 Å². The molecule has 0 bridgehead atoms. The Morgan fingerprint density at radius 2 is 2.00 bits per heavy atom. The second-order valence-corrected chi connectivity index (χ2v) is 5.55. The molecule has 1 aromatic heterocycles. The van der Waals surface area contributed by atoms with E-state index in [4.69, 9.17) is 0 Å². The highest BCUT2D eigenvalue weighted by Gasteiger charge is 2.23. The van der Waals surface area contributed by atoms with E-state index in [9.17, 15) is 4.79 Å². The molecule has 4 nitrogen and oxygen atoms in total. The van der Waals surface area contributed by atoms with E-state index < -0.39 is 0 Å². The number of anilines is 1. The van der Waals surface area contributed by atoms with Crippen molar-refractivity contribution in [2.24, 2.45) is 0 Å². The van der Waals surface area contributed by atoms with Gasteiger partial charge < -0.3 is 10.6 Å². The summed E-state index contributed by atoms with van der Waals surface area (Å²) < 4.78 is 0. The van der Waals surface area contributed by atoms with Gasteiger partial charge in [0.1, 0.15) is 0 Å². The van der Waals surface area contributed by atoms with E-state index in [1.165, 1.54) is 11.1 Å². The molecule has 0 radical (unpaired) electrons. The average molecular weight is 281 g/mol. The molecule has 4 heteroatoms. The zero-order chi connectivity index (χ0) is 14.7. The fraction of sp³-hybridized carbons (Fsp3) is 0.294. The Balaban J connectivity index is 1.62. The molecular formula is C17H19N3O. The third-order valence-electron chi connectivity index (χ3n) is 3.53. The summed E-state index contributed by atoms with van der Waals surface area (Å²) in [6.07, 6.45) is 5.52. The van der Waals surface area contributed by atoms with E-state index in [1.54, 1.807) is 12.4 Å². The predicted octanol–water partition coefficient (Wildman–Crippen LogP) is 2.89. The van der Waals surface area contributed by atoms with Crippen LogP contribution in [0.2, 0.25) is 0 Å². The van der Waals surface area contributed by atoms with Crippen LogP contribution < -0.4 is 10.6 Å². The Morgan fingerprint density at radius 3 is 2.71 bits per heavy atom. The molecule has 21 heavy (non-hydrogen) atoms. The third-order valence-corrected chi connectivity index (χ3v) is 3.53. The number of hydrogen-bond donors (Lipinski definition) is 2. The number of rotatable bonds is 5. The molecule has 2 aromatic rings. The molecular weight excluding hydrogens is 262 g/mol. The van der Waals surface area contributed by atoms with Gasteiger partial charge in [-0.25, -0.2) is 0 Å². The van der Waals surface area contributed by atoms with E-state index in [-0.39, 0.29) is 5.91 Å². The van der Waals surface area contributed by atoms with Crippen LogP contribution in [0.1, 0.15) is 34.3 Å². The summed E-state index contributed by atoms with van der Waals surface area (Å²) in [5.41, 5.74) is 3.92. The van der Waals surface area contributed by atoms with Crippen molar-refractivity contribution in [2.45, 2.75) is 32.4 Å². The van der Waals surface area contributed by atoms with Gasteiger partial charge in [-0.3, -0.25) is 9.78 Å². The molecule has 2 N–H and O–H groups in total. The van der Waals surface area contributed by atoms with Crippen LogP contribution in [0.4, 0.5) is 5.69 Å². The van der Waals surface area contributed by atoms with Crippen LogP contribution >= 0.6 is 0 Å². The van der Waals surface area contributed by atoms with Crippen LogP contribution in [-0.4, -0.2) is 16.9 Å². The minimum absolute atomic E-state index is 0.0380. The van der Waals surface area contributed by atoms with Gasteiger partial charge in [-0.1, -0.05) is 29.8 Å². The highest BCUT2D eigenvalue weighted by atomic mass is 16.1. The van der Waals surface area contributed by atoms with Crippen molar-refractivity contribution in [3.63, 3.8) is 0 Å². The fourth-order valence-electron chi connectivity index (χ4n) is 2.07. The first kappa shape index (κ1) is 13.6. The number of pyridine rings is 1.